The highest BCUT2D eigenvalue weighted by atomic mass is 16.2. The Bertz CT molecular complexity index is 568. The van der Waals surface area contributed by atoms with E-state index in [0.717, 1.165) is 17.6 Å². The molecular weight excluding hydrogens is 288 g/mol. The summed E-state index contributed by atoms with van der Waals surface area (Å²) in [4.78, 5) is 11.7. The van der Waals surface area contributed by atoms with Crippen LogP contribution in [0.2, 0.25) is 0 Å². The highest BCUT2D eigenvalue weighted by Gasteiger charge is 2.03. The van der Waals surface area contributed by atoms with Crippen molar-refractivity contribution in [3.8, 4) is 0 Å². The van der Waals surface area contributed by atoms with Gasteiger partial charge in [0.05, 0.1) is 0 Å². The van der Waals surface area contributed by atoms with Crippen LogP contribution < -0.4 is 16.4 Å². The highest BCUT2D eigenvalue weighted by molar-refractivity contribution is 5.94. The number of urea groups is 1. The molecule has 0 saturated carbocycles. The Hall–Kier alpha value is -2.56. The molecule has 23 heavy (non-hydrogen) atoms. The van der Waals surface area contributed by atoms with E-state index < -0.39 is 0 Å². The van der Waals surface area contributed by atoms with Crippen LogP contribution in [0.25, 0.3) is 0 Å². The molecule has 0 aromatic carbocycles. The second kappa shape index (κ2) is 10.2. The molecule has 0 fully saturated rings. The van der Waals surface area contributed by atoms with Gasteiger partial charge in [0, 0.05) is 30.9 Å². The van der Waals surface area contributed by atoms with E-state index in [1.807, 2.05) is 31.2 Å². The molecule has 0 aliphatic heterocycles. The summed E-state index contributed by atoms with van der Waals surface area (Å²) in [5.41, 5.74) is 9.03. The Morgan fingerprint density at radius 3 is 2.74 bits per heavy atom. The van der Waals surface area contributed by atoms with E-state index in [1.54, 1.807) is 12.2 Å². The molecule has 0 saturated heterocycles. The summed E-state index contributed by atoms with van der Waals surface area (Å²) in [6, 6.07) is -0.178. The van der Waals surface area contributed by atoms with Crippen molar-refractivity contribution in [3.63, 3.8) is 0 Å². The summed E-state index contributed by atoms with van der Waals surface area (Å²) < 4.78 is 0. The van der Waals surface area contributed by atoms with Gasteiger partial charge >= 0.3 is 6.03 Å². The largest absolute Gasteiger partial charge is 0.399 e. The van der Waals surface area contributed by atoms with E-state index in [4.69, 9.17) is 11.1 Å². The number of nitrogens with two attached hydrogens (primary N) is 1. The molecule has 0 unspecified atom stereocenters. The van der Waals surface area contributed by atoms with Crippen molar-refractivity contribution in [1.82, 2.24) is 10.6 Å². The first-order valence-corrected chi connectivity index (χ1v) is 7.75. The molecule has 0 aromatic rings. The van der Waals surface area contributed by atoms with Crippen LogP contribution in [0.4, 0.5) is 4.79 Å². The second-order valence-corrected chi connectivity index (χ2v) is 5.30. The zero-order valence-electron chi connectivity index (χ0n) is 13.7. The Kier molecular flexibility index (Phi) is 8.21. The molecule has 0 radical (unpaired) electrons. The zero-order chi connectivity index (χ0) is 17.1. The number of carbonyl (C=O) groups excluding carboxylic acids is 1. The third-order valence-electron chi connectivity index (χ3n) is 3.36. The fourth-order valence-corrected chi connectivity index (χ4v) is 1.88. The number of nitrogens with one attached hydrogen (secondary N) is 3. The van der Waals surface area contributed by atoms with Gasteiger partial charge in [-0.1, -0.05) is 36.5 Å². The zero-order valence-corrected chi connectivity index (χ0v) is 13.7. The summed E-state index contributed by atoms with van der Waals surface area (Å²) in [7, 11) is 0. The van der Waals surface area contributed by atoms with E-state index in [2.05, 4.69) is 17.2 Å². The number of hydrogen-bond donors (Lipinski definition) is 4. The fourth-order valence-electron chi connectivity index (χ4n) is 1.88. The SMILES string of the molecule is C=C(/C=C\C(N)=C/C)CCNC(=O)NCCC1=CCC(=N)C=C1. The molecule has 5 heteroatoms. The number of rotatable bonds is 8. The lowest BCUT2D eigenvalue weighted by Crippen LogP contribution is -2.36. The Morgan fingerprint density at radius 1 is 1.35 bits per heavy atom. The molecule has 1 aliphatic rings. The average Bonchev–Trinajstić information content (AvgIpc) is 2.54. The van der Waals surface area contributed by atoms with Gasteiger partial charge in [0.15, 0.2) is 0 Å². The predicted molar refractivity (Wildman–Crippen MR) is 96.4 cm³/mol. The van der Waals surface area contributed by atoms with Gasteiger partial charge in [0.2, 0.25) is 0 Å². The first-order valence-electron chi connectivity index (χ1n) is 7.75. The Balaban J connectivity index is 2.13. The maximum absolute atomic E-state index is 11.7. The maximum atomic E-state index is 11.7. The van der Waals surface area contributed by atoms with Crippen molar-refractivity contribution in [2.75, 3.05) is 13.1 Å². The normalized spacial score (nSPS) is 14.7. The van der Waals surface area contributed by atoms with E-state index in [0.29, 0.717) is 37.3 Å². The highest BCUT2D eigenvalue weighted by Crippen LogP contribution is 2.10. The summed E-state index contributed by atoms with van der Waals surface area (Å²) in [6.07, 6.45) is 13.3. The molecule has 5 nitrogen and oxygen atoms in total. The van der Waals surface area contributed by atoms with E-state index in [1.165, 1.54) is 0 Å². The standard InChI is InChI=1S/C18H26N4O/c1-3-16(19)7-4-14(2)10-12-21-18(23)22-13-11-15-5-8-17(20)9-6-15/h3-8,20H,2,9-13,19H2,1H3,(H2,21,22,23)/b7-4-,16-3+,20-17?. The Morgan fingerprint density at radius 2 is 2.09 bits per heavy atom. The second-order valence-electron chi connectivity index (χ2n) is 5.30. The quantitative estimate of drug-likeness (QED) is 0.519. The van der Waals surface area contributed by atoms with Crippen molar-refractivity contribution in [2.45, 2.75) is 26.2 Å². The first-order chi connectivity index (χ1) is 11.0. The van der Waals surface area contributed by atoms with Gasteiger partial charge in [0.1, 0.15) is 0 Å². The van der Waals surface area contributed by atoms with Crippen LogP contribution >= 0.6 is 0 Å². The van der Waals surface area contributed by atoms with E-state index in [9.17, 15) is 4.79 Å². The monoisotopic (exact) mass is 314 g/mol. The molecule has 0 bridgehead atoms. The topological polar surface area (TPSA) is 91.0 Å². The first kappa shape index (κ1) is 18.5. The molecule has 0 atom stereocenters. The van der Waals surface area contributed by atoms with Crippen molar-refractivity contribution < 1.29 is 4.79 Å². The van der Waals surface area contributed by atoms with Crippen molar-refractivity contribution in [1.29, 1.82) is 5.41 Å². The van der Waals surface area contributed by atoms with Crippen LogP contribution in [0.3, 0.4) is 0 Å². The van der Waals surface area contributed by atoms with Crippen molar-refractivity contribution >= 4 is 11.7 Å². The maximum Gasteiger partial charge on any atom is 0.314 e. The molecule has 124 valence electrons. The lowest BCUT2D eigenvalue weighted by molar-refractivity contribution is 0.241. The molecule has 1 aliphatic carbocycles. The van der Waals surface area contributed by atoms with Crippen molar-refractivity contribution in [3.05, 3.63) is 59.9 Å². The molecule has 1 rings (SSSR count). The third-order valence-corrected chi connectivity index (χ3v) is 3.36. The van der Waals surface area contributed by atoms with Gasteiger partial charge in [-0.05, 0) is 37.5 Å². The fraction of sp³-hybridized carbons (Fsp3) is 0.333. The van der Waals surface area contributed by atoms with Crippen molar-refractivity contribution in [2.24, 2.45) is 5.73 Å². The van der Waals surface area contributed by atoms with Gasteiger partial charge in [0.25, 0.3) is 0 Å². The summed E-state index contributed by atoms with van der Waals surface area (Å²) >= 11 is 0. The minimum atomic E-state index is -0.178. The molecule has 5 N–H and O–H groups in total. The smallest absolute Gasteiger partial charge is 0.314 e. The molecule has 2 amide bonds. The van der Waals surface area contributed by atoms with E-state index >= 15 is 0 Å². The molecule has 0 spiro atoms. The van der Waals surface area contributed by atoms with E-state index in [-0.39, 0.29) is 6.03 Å². The van der Waals surface area contributed by atoms with Crippen LogP contribution in [0.15, 0.2) is 59.9 Å². The number of allylic oxidation sites excluding steroid dienone is 6. The lowest BCUT2D eigenvalue weighted by atomic mass is 10.0. The lowest BCUT2D eigenvalue weighted by Gasteiger charge is -2.10. The molecular formula is C18H26N4O. The Labute approximate surface area is 138 Å². The molecule has 0 heterocycles. The minimum absolute atomic E-state index is 0.178. The summed E-state index contributed by atoms with van der Waals surface area (Å²) in [6.45, 7) is 6.90. The van der Waals surface area contributed by atoms with Crippen LogP contribution in [0, 0.1) is 5.41 Å². The summed E-state index contributed by atoms with van der Waals surface area (Å²) in [5, 5.41) is 13.1. The van der Waals surface area contributed by atoms with Crippen LogP contribution in [0.5, 0.6) is 0 Å². The minimum Gasteiger partial charge on any atom is -0.399 e. The number of carbonyl (C=O) groups is 1. The number of hydrogen-bond acceptors (Lipinski definition) is 3. The van der Waals surface area contributed by atoms with Gasteiger partial charge in [-0.3, -0.25) is 0 Å². The van der Waals surface area contributed by atoms with Gasteiger partial charge in [-0.25, -0.2) is 4.79 Å². The van der Waals surface area contributed by atoms with Gasteiger partial charge in [-0.2, -0.15) is 0 Å². The number of amides is 2. The van der Waals surface area contributed by atoms with Crippen LogP contribution in [-0.2, 0) is 0 Å². The summed E-state index contributed by atoms with van der Waals surface area (Å²) in [5.74, 6) is 0. The van der Waals surface area contributed by atoms with Crippen LogP contribution in [-0.4, -0.2) is 24.8 Å². The average molecular weight is 314 g/mol. The predicted octanol–water partition coefficient (Wildman–Crippen LogP) is 2.95. The molecule has 0 aromatic heterocycles. The van der Waals surface area contributed by atoms with Gasteiger partial charge < -0.3 is 21.8 Å². The van der Waals surface area contributed by atoms with Gasteiger partial charge in [-0.15, -0.1) is 0 Å². The van der Waals surface area contributed by atoms with Crippen LogP contribution in [0.1, 0.15) is 26.2 Å². The third kappa shape index (κ3) is 8.46.